The summed E-state index contributed by atoms with van der Waals surface area (Å²) in [5, 5.41) is 3.83. The molecule has 0 unspecified atom stereocenters. The number of imidazole rings is 1. The first-order valence-electron chi connectivity index (χ1n) is 2.13. The maximum Gasteiger partial charge on any atom is 0.212 e. The molecule has 39 valence electrons. The summed E-state index contributed by atoms with van der Waals surface area (Å²) in [6.07, 6.45) is 3.51. The molecule has 3 nitrogen and oxygen atoms in total. The summed E-state index contributed by atoms with van der Waals surface area (Å²) in [5.41, 5.74) is 2.71. The van der Waals surface area contributed by atoms with Crippen LogP contribution in [-0.2, 0) is 0 Å². The van der Waals surface area contributed by atoms with Crippen molar-refractivity contribution in [3.8, 4) is 0 Å². The molecule has 0 aromatic carbocycles. The Morgan fingerprint density at radius 1 is 1.75 bits per heavy atom. The van der Waals surface area contributed by atoms with Crippen LogP contribution in [0.3, 0.4) is 0 Å². The number of hydrogen-bond donors (Lipinski definition) is 0. The van der Waals surface area contributed by atoms with E-state index >= 15 is 0 Å². The Morgan fingerprint density at radius 2 is 2.75 bits per heavy atom. The van der Waals surface area contributed by atoms with Crippen molar-refractivity contribution in [2.45, 2.75) is 0 Å². The number of nitrogens with zero attached hydrogens (tertiary/aromatic N) is 3. The second kappa shape index (κ2) is 1.29. The molecule has 2 aromatic rings. The van der Waals surface area contributed by atoms with Gasteiger partial charge in [-0.2, -0.15) is 5.10 Å². The first-order chi connectivity index (χ1) is 3.97. The first-order valence-corrected chi connectivity index (χ1v) is 2.95. The largest absolute Gasteiger partial charge is 0.226 e. The molecule has 2 heterocycles. The van der Waals surface area contributed by atoms with E-state index in [0.717, 1.165) is 4.96 Å². The van der Waals surface area contributed by atoms with Crippen LogP contribution in [0.2, 0.25) is 0 Å². The van der Waals surface area contributed by atoms with E-state index in [0.29, 0.717) is 0 Å². The van der Waals surface area contributed by atoms with Crippen LogP contribution >= 0.6 is 11.3 Å². The topological polar surface area (TPSA) is 30.2 Å². The van der Waals surface area contributed by atoms with Crippen LogP contribution in [0.4, 0.5) is 0 Å². The molecule has 0 spiro atoms. The van der Waals surface area contributed by atoms with Gasteiger partial charge >= 0.3 is 0 Å². The summed E-state index contributed by atoms with van der Waals surface area (Å²) in [6, 6.07) is 0. The second-order valence-electron chi connectivity index (χ2n) is 1.35. The third-order valence-corrected chi connectivity index (χ3v) is 1.52. The molecule has 4 heteroatoms. The van der Waals surface area contributed by atoms with Gasteiger partial charge in [0.2, 0.25) is 4.96 Å². The minimum absolute atomic E-state index is 0.894. The second-order valence-corrected chi connectivity index (χ2v) is 2.10. The monoisotopic (exact) mass is 124 g/mol. The summed E-state index contributed by atoms with van der Waals surface area (Å²) < 4.78 is 1.69. The Morgan fingerprint density at radius 3 is 3.62 bits per heavy atom. The van der Waals surface area contributed by atoms with E-state index in [1.54, 1.807) is 16.9 Å². The van der Waals surface area contributed by atoms with Crippen LogP contribution in [0.25, 0.3) is 4.96 Å². The standard InChI is InChI=1S/C4H2N3S/c1-2-7-4(5-1)8-3-6-7/h1-2H. The van der Waals surface area contributed by atoms with Crippen molar-refractivity contribution in [1.29, 1.82) is 0 Å². The van der Waals surface area contributed by atoms with Gasteiger partial charge in [-0.1, -0.05) is 11.3 Å². The lowest BCUT2D eigenvalue weighted by molar-refractivity contribution is 0.969. The lowest BCUT2D eigenvalue weighted by Crippen LogP contribution is -1.75. The average molecular weight is 124 g/mol. The molecule has 0 saturated heterocycles. The third-order valence-electron chi connectivity index (χ3n) is 0.874. The van der Waals surface area contributed by atoms with Gasteiger partial charge in [-0.25, -0.2) is 9.50 Å². The summed E-state index contributed by atoms with van der Waals surface area (Å²) in [7, 11) is 0. The summed E-state index contributed by atoms with van der Waals surface area (Å²) in [6.45, 7) is 0. The molecule has 2 aromatic heterocycles. The van der Waals surface area contributed by atoms with Crippen molar-refractivity contribution in [3.63, 3.8) is 0 Å². The molecule has 0 fully saturated rings. The van der Waals surface area contributed by atoms with Crippen molar-refractivity contribution < 1.29 is 0 Å². The Hall–Kier alpha value is -0.900. The van der Waals surface area contributed by atoms with E-state index in [1.807, 2.05) is 0 Å². The predicted octanol–water partition coefficient (Wildman–Crippen LogP) is 0.591. The normalized spacial score (nSPS) is 10.5. The van der Waals surface area contributed by atoms with E-state index in [1.165, 1.54) is 11.3 Å². The number of rotatable bonds is 0. The third kappa shape index (κ3) is 0.376. The average Bonchev–Trinajstić information content (AvgIpc) is 2.15. The Balaban J connectivity index is 3.06. The summed E-state index contributed by atoms with van der Waals surface area (Å²) >= 11 is 1.41. The highest BCUT2D eigenvalue weighted by atomic mass is 32.1. The van der Waals surface area contributed by atoms with Crippen molar-refractivity contribution >= 4 is 16.3 Å². The smallest absolute Gasteiger partial charge is 0.212 e. The van der Waals surface area contributed by atoms with Gasteiger partial charge in [0.15, 0.2) is 5.51 Å². The van der Waals surface area contributed by atoms with Crippen molar-refractivity contribution in [3.05, 3.63) is 17.9 Å². The van der Waals surface area contributed by atoms with Gasteiger partial charge in [0.05, 0.1) is 6.20 Å². The molecule has 8 heavy (non-hydrogen) atoms. The molecule has 0 atom stereocenters. The SMILES string of the molecule is [c]1nn2ccnc2s1. The molecule has 2 rings (SSSR count). The predicted molar refractivity (Wildman–Crippen MR) is 29.7 cm³/mol. The minimum atomic E-state index is 0.894. The Kier molecular flexibility index (Phi) is 0.648. The lowest BCUT2D eigenvalue weighted by Gasteiger charge is -1.69. The molecular weight excluding hydrogens is 122 g/mol. The molecule has 0 amide bonds. The van der Waals surface area contributed by atoms with Crippen molar-refractivity contribution in [2.75, 3.05) is 0 Å². The molecule has 0 bridgehead atoms. The number of fused-ring (bicyclic) bond motifs is 1. The van der Waals surface area contributed by atoms with E-state index < -0.39 is 0 Å². The van der Waals surface area contributed by atoms with Crippen LogP contribution in [0.5, 0.6) is 0 Å². The molecule has 0 saturated carbocycles. The molecule has 0 N–H and O–H groups in total. The highest BCUT2D eigenvalue weighted by molar-refractivity contribution is 7.14. The van der Waals surface area contributed by atoms with Crippen molar-refractivity contribution in [1.82, 2.24) is 14.6 Å². The number of aromatic nitrogens is 3. The van der Waals surface area contributed by atoms with Gasteiger partial charge in [-0.3, -0.25) is 0 Å². The molecule has 0 aliphatic heterocycles. The fraction of sp³-hybridized carbons (Fsp3) is 0. The van der Waals surface area contributed by atoms with Gasteiger partial charge in [0.1, 0.15) is 0 Å². The van der Waals surface area contributed by atoms with Crippen LogP contribution in [0.15, 0.2) is 12.4 Å². The van der Waals surface area contributed by atoms with Gasteiger partial charge in [-0.15, -0.1) is 0 Å². The lowest BCUT2D eigenvalue weighted by atomic mass is 11.0. The summed E-state index contributed by atoms with van der Waals surface area (Å²) in [4.78, 5) is 4.86. The zero-order valence-electron chi connectivity index (χ0n) is 3.90. The molecule has 1 radical (unpaired) electrons. The Labute approximate surface area is 49.6 Å². The van der Waals surface area contributed by atoms with E-state index in [4.69, 9.17) is 0 Å². The fourth-order valence-electron chi connectivity index (χ4n) is 0.538. The maximum atomic E-state index is 3.97. The minimum Gasteiger partial charge on any atom is -0.226 e. The van der Waals surface area contributed by atoms with Gasteiger partial charge in [0, 0.05) is 6.20 Å². The van der Waals surface area contributed by atoms with E-state index in [2.05, 4.69) is 15.6 Å². The number of hydrogen-bond acceptors (Lipinski definition) is 3. The van der Waals surface area contributed by atoms with Gasteiger partial charge in [0.25, 0.3) is 0 Å². The zero-order chi connectivity index (χ0) is 5.40. The quantitative estimate of drug-likeness (QED) is 0.514. The highest BCUT2D eigenvalue weighted by Crippen LogP contribution is 2.02. The summed E-state index contributed by atoms with van der Waals surface area (Å²) in [5.74, 6) is 0. The molecule has 0 aliphatic rings. The zero-order valence-corrected chi connectivity index (χ0v) is 4.72. The first kappa shape index (κ1) is 4.03. The van der Waals surface area contributed by atoms with Crippen LogP contribution in [0, 0.1) is 5.51 Å². The van der Waals surface area contributed by atoms with Gasteiger partial charge < -0.3 is 0 Å². The maximum absolute atomic E-state index is 3.97. The molecular formula is C4H2N3S. The Bertz CT molecular complexity index is 233. The van der Waals surface area contributed by atoms with Gasteiger partial charge in [-0.05, 0) is 0 Å². The van der Waals surface area contributed by atoms with E-state index in [9.17, 15) is 0 Å². The van der Waals surface area contributed by atoms with Crippen LogP contribution in [0.1, 0.15) is 0 Å². The highest BCUT2D eigenvalue weighted by Gasteiger charge is 1.91. The fourth-order valence-corrected chi connectivity index (χ4v) is 1.06. The molecule has 0 aliphatic carbocycles. The van der Waals surface area contributed by atoms with Crippen LogP contribution in [-0.4, -0.2) is 14.6 Å². The van der Waals surface area contributed by atoms with Crippen molar-refractivity contribution in [2.24, 2.45) is 0 Å². The van der Waals surface area contributed by atoms with E-state index in [-0.39, 0.29) is 0 Å². The van der Waals surface area contributed by atoms with Crippen LogP contribution < -0.4 is 0 Å².